The summed E-state index contributed by atoms with van der Waals surface area (Å²) in [4.78, 5) is 27.0. The van der Waals surface area contributed by atoms with Gasteiger partial charge in [0, 0.05) is 28.5 Å². The predicted octanol–water partition coefficient (Wildman–Crippen LogP) is 3.49. The Morgan fingerprint density at radius 2 is 2.24 bits per heavy atom. The summed E-state index contributed by atoms with van der Waals surface area (Å²) in [5, 5.41) is 16.1. The summed E-state index contributed by atoms with van der Waals surface area (Å²) in [6.07, 6.45) is 2.31. The Morgan fingerprint density at radius 3 is 2.90 bits per heavy atom. The largest absolute Gasteiger partial charge is 0.298 e. The van der Waals surface area contributed by atoms with Crippen LogP contribution in [0, 0.1) is 17.0 Å². The number of nitro groups is 1. The van der Waals surface area contributed by atoms with Crippen LogP contribution in [-0.4, -0.2) is 15.8 Å². The summed E-state index contributed by atoms with van der Waals surface area (Å²) in [5.74, 6) is 0.166. The topological polar surface area (TPSA) is 85.1 Å². The van der Waals surface area contributed by atoms with Crippen molar-refractivity contribution in [1.29, 1.82) is 0 Å². The molecule has 1 N–H and O–H groups in total. The van der Waals surface area contributed by atoms with Gasteiger partial charge in [-0.2, -0.15) is 0 Å². The molecule has 1 aromatic carbocycles. The number of hydrogen-bond acceptors (Lipinski definition) is 5. The number of nitro benzene ring substituents is 1. The smallest absolute Gasteiger partial charge is 0.273 e. The molecule has 1 saturated carbocycles. The molecule has 0 unspecified atom stereocenters. The molecule has 1 aliphatic carbocycles. The fraction of sp³-hybridized carbons (Fsp3) is 0.286. The van der Waals surface area contributed by atoms with Gasteiger partial charge in [0.2, 0.25) is 0 Å². The maximum atomic E-state index is 12.2. The minimum absolute atomic E-state index is 0.0551. The number of nitrogens with one attached hydrogen (secondary N) is 1. The molecule has 1 fully saturated rings. The van der Waals surface area contributed by atoms with Crippen LogP contribution in [0.4, 0.5) is 10.8 Å². The number of hydrogen-bond donors (Lipinski definition) is 1. The Balaban J connectivity index is 1.81. The maximum Gasteiger partial charge on any atom is 0.273 e. The molecule has 1 aliphatic rings. The second kappa shape index (κ2) is 5.25. The molecule has 1 aromatic heterocycles. The van der Waals surface area contributed by atoms with E-state index in [2.05, 4.69) is 10.3 Å². The van der Waals surface area contributed by atoms with Crippen molar-refractivity contribution in [3.63, 3.8) is 0 Å². The van der Waals surface area contributed by atoms with Gasteiger partial charge in [-0.1, -0.05) is 6.07 Å². The van der Waals surface area contributed by atoms with Crippen molar-refractivity contribution in [2.24, 2.45) is 0 Å². The molecule has 0 atom stereocenters. The van der Waals surface area contributed by atoms with Gasteiger partial charge in [-0.15, -0.1) is 11.3 Å². The lowest BCUT2D eigenvalue weighted by molar-refractivity contribution is -0.385. The summed E-state index contributed by atoms with van der Waals surface area (Å²) >= 11 is 1.38. The van der Waals surface area contributed by atoms with Gasteiger partial charge in [0.15, 0.2) is 5.13 Å². The summed E-state index contributed by atoms with van der Waals surface area (Å²) in [6, 6.07) is 4.48. The minimum atomic E-state index is -0.485. The van der Waals surface area contributed by atoms with E-state index in [1.165, 1.54) is 23.5 Å². The lowest BCUT2D eigenvalue weighted by Gasteiger charge is -2.05. The number of anilines is 1. The standard InChI is InChI=1S/C14H13N3O3S/c1-8-10(3-2-4-12(8)17(19)20)13(18)16-14-15-11(7-21-14)9-5-6-9/h2-4,7,9H,5-6H2,1H3,(H,15,16,18). The van der Waals surface area contributed by atoms with E-state index in [-0.39, 0.29) is 11.6 Å². The molecule has 6 nitrogen and oxygen atoms in total. The molecular weight excluding hydrogens is 290 g/mol. The van der Waals surface area contributed by atoms with E-state index in [4.69, 9.17) is 0 Å². The Bertz CT molecular complexity index is 722. The van der Waals surface area contributed by atoms with Crippen LogP contribution < -0.4 is 5.32 Å². The molecule has 7 heteroatoms. The number of carbonyl (C=O) groups is 1. The highest BCUT2D eigenvalue weighted by Crippen LogP contribution is 2.40. The second-order valence-electron chi connectivity index (χ2n) is 5.01. The fourth-order valence-electron chi connectivity index (χ4n) is 2.14. The average Bonchev–Trinajstić information content (AvgIpc) is 3.19. The summed E-state index contributed by atoms with van der Waals surface area (Å²) in [7, 11) is 0. The number of aromatic nitrogens is 1. The molecule has 0 radical (unpaired) electrons. The lowest BCUT2D eigenvalue weighted by Crippen LogP contribution is -2.14. The molecule has 1 amide bonds. The Labute approximate surface area is 125 Å². The Hall–Kier alpha value is -2.28. The normalized spacial score (nSPS) is 14.0. The quantitative estimate of drug-likeness (QED) is 0.692. The van der Waals surface area contributed by atoms with E-state index in [1.54, 1.807) is 13.0 Å². The van der Waals surface area contributed by atoms with Crippen molar-refractivity contribution < 1.29 is 9.72 Å². The van der Waals surface area contributed by atoms with Gasteiger partial charge in [-0.25, -0.2) is 4.98 Å². The van der Waals surface area contributed by atoms with Crippen LogP contribution in [0.25, 0.3) is 0 Å². The van der Waals surface area contributed by atoms with Crippen LogP contribution in [0.2, 0.25) is 0 Å². The third kappa shape index (κ3) is 2.78. The van der Waals surface area contributed by atoms with Crippen LogP contribution in [0.5, 0.6) is 0 Å². The highest BCUT2D eigenvalue weighted by Gasteiger charge is 2.26. The van der Waals surface area contributed by atoms with E-state index in [0.29, 0.717) is 22.2 Å². The van der Waals surface area contributed by atoms with Crippen molar-refractivity contribution in [2.45, 2.75) is 25.7 Å². The van der Waals surface area contributed by atoms with Gasteiger partial charge >= 0.3 is 0 Å². The first-order valence-electron chi connectivity index (χ1n) is 6.57. The van der Waals surface area contributed by atoms with E-state index in [9.17, 15) is 14.9 Å². The molecule has 1 heterocycles. The molecule has 0 spiro atoms. The molecule has 0 saturated heterocycles. The van der Waals surface area contributed by atoms with Gasteiger partial charge in [0.25, 0.3) is 11.6 Å². The van der Waals surface area contributed by atoms with Gasteiger partial charge in [0.1, 0.15) is 0 Å². The molecule has 108 valence electrons. The third-order valence-corrected chi connectivity index (χ3v) is 4.26. The van der Waals surface area contributed by atoms with E-state index >= 15 is 0 Å². The lowest BCUT2D eigenvalue weighted by atomic mass is 10.1. The van der Waals surface area contributed by atoms with Gasteiger partial charge in [-0.3, -0.25) is 20.2 Å². The van der Waals surface area contributed by atoms with Crippen LogP contribution in [0.15, 0.2) is 23.6 Å². The summed E-state index contributed by atoms with van der Waals surface area (Å²) in [5.41, 5.74) is 1.62. The number of benzene rings is 1. The zero-order valence-corrected chi connectivity index (χ0v) is 12.1. The summed E-state index contributed by atoms with van der Waals surface area (Å²) in [6.45, 7) is 1.57. The van der Waals surface area contributed by atoms with Crippen LogP contribution in [0.1, 0.15) is 40.4 Å². The summed E-state index contributed by atoms with van der Waals surface area (Å²) < 4.78 is 0. The molecule has 3 rings (SSSR count). The van der Waals surface area contributed by atoms with Gasteiger partial charge in [0.05, 0.1) is 10.6 Å². The van der Waals surface area contributed by atoms with Crippen LogP contribution >= 0.6 is 11.3 Å². The minimum Gasteiger partial charge on any atom is -0.298 e. The number of amides is 1. The zero-order valence-electron chi connectivity index (χ0n) is 11.3. The first-order chi connectivity index (χ1) is 10.1. The SMILES string of the molecule is Cc1c(C(=O)Nc2nc(C3CC3)cs2)cccc1[N+](=O)[O-]. The van der Waals surface area contributed by atoms with Crippen molar-refractivity contribution in [2.75, 3.05) is 5.32 Å². The van der Waals surface area contributed by atoms with E-state index in [0.717, 1.165) is 18.5 Å². The number of rotatable bonds is 4. The van der Waals surface area contributed by atoms with Crippen molar-refractivity contribution >= 4 is 28.1 Å². The number of thiazole rings is 1. The molecular formula is C14H13N3O3S. The Morgan fingerprint density at radius 1 is 1.48 bits per heavy atom. The number of nitrogens with zero attached hydrogens (tertiary/aromatic N) is 2. The molecule has 2 aromatic rings. The van der Waals surface area contributed by atoms with Crippen molar-refractivity contribution in [3.8, 4) is 0 Å². The van der Waals surface area contributed by atoms with Gasteiger partial charge in [-0.05, 0) is 25.8 Å². The molecule has 21 heavy (non-hydrogen) atoms. The molecule has 0 aliphatic heterocycles. The Kier molecular flexibility index (Phi) is 3.42. The van der Waals surface area contributed by atoms with Crippen LogP contribution in [0.3, 0.4) is 0 Å². The monoisotopic (exact) mass is 303 g/mol. The zero-order chi connectivity index (χ0) is 15.0. The second-order valence-corrected chi connectivity index (χ2v) is 5.87. The van der Waals surface area contributed by atoms with Crippen molar-refractivity contribution in [1.82, 2.24) is 4.98 Å². The van der Waals surface area contributed by atoms with Crippen molar-refractivity contribution in [3.05, 3.63) is 50.5 Å². The maximum absolute atomic E-state index is 12.2. The first kappa shape index (κ1) is 13.7. The first-order valence-corrected chi connectivity index (χ1v) is 7.45. The van der Waals surface area contributed by atoms with E-state index < -0.39 is 4.92 Å². The van der Waals surface area contributed by atoms with Gasteiger partial charge < -0.3 is 0 Å². The fourth-order valence-corrected chi connectivity index (χ4v) is 2.93. The highest BCUT2D eigenvalue weighted by molar-refractivity contribution is 7.14. The van der Waals surface area contributed by atoms with E-state index in [1.807, 2.05) is 5.38 Å². The number of carbonyl (C=O) groups excluding carboxylic acids is 1. The van der Waals surface area contributed by atoms with Crippen LogP contribution in [-0.2, 0) is 0 Å². The molecule has 0 bridgehead atoms. The predicted molar refractivity (Wildman–Crippen MR) is 79.9 cm³/mol. The third-order valence-electron chi connectivity index (χ3n) is 3.48. The average molecular weight is 303 g/mol. The highest BCUT2D eigenvalue weighted by atomic mass is 32.1.